The van der Waals surface area contributed by atoms with Crippen LogP contribution in [0.5, 0.6) is 0 Å². The normalized spacial score (nSPS) is 11.6. The largest absolute Gasteiger partial charge is 0.322 e. The Hall–Kier alpha value is -3.98. The molecule has 0 heterocycles. The molecule has 0 aliphatic carbocycles. The second kappa shape index (κ2) is 11.0. The molecule has 35 heavy (non-hydrogen) atoms. The van der Waals surface area contributed by atoms with Gasteiger partial charge in [0.1, 0.15) is 6.54 Å². The summed E-state index contributed by atoms with van der Waals surface area (Å²) in [5.41, 5.74) is 6.92. The molecular weight excluding hydrogens is 464 g/mol. The fourth-order valence-electron chi connectivity index (χ4n) is 3.49. The van der Waals surface area contributed by atoms with Crippen molar-refractivity contribution in [1.29, 1.82) is 0 Å². The van der Waals surface area contributed by atoms with E-state index in [0.29, 0.717) is 28.2 Å². The average molecular weight is 493 g/mol. The maximum absolute atomic E-state index is 12.6. The first-order chi connectivity index (χ1) is 16.5. The highest BCUT2D eigenvalue weighted by Gasteiger charge is 2.21. The Morgan fingerprint density at radius 2 is 1.51 bits per heavy atom. The highest BCUT2D eigenvalue weighted by molar-refractivity contribution is 7.92. The lowest BCUT2D eigenvalue weighted by Crippen LogP contribution is -2.39. The molecule has 2 amide bonds. The standard InChI is InChI=1S/C26H28N4O4S/c1-18-13-19(2)15-24(14-18)30(35(4,33)34)17-25(31)29-28-20(3)22-11-8-12-23(16-22)27-26(32)21-9-6-5-7-10-21/h5-16H,17H2,1-4H3,(H,27,32)(H,29,31)/b28-20-. The molecule has 182 valence electrons. The third kappa shape index (κ3) is 7.25. The summed E-state index contributed by atoms with van der Waals surface area (Å²) in [6.45, 7) is 5.02. The highest BCUT2D eigenvalue weighted by atomic mass is 32.2. The van der Waals surface area contributed by atoms with Gasteiger partial charge >= 0.3 is 0 Å². The summed E-state index contributed by atoms with van der Waals surface area (Å²) in [5.74, 6) is -0.819. The minimum atomic E-state index is -3.69. The molecule has 9 heteroatoms. The number of hydrazone groups is 1. The van der Waals surface area contributed by atoms with Crippen LogP contribution in [0.4, 0.5) is 11.4 Å². The van der Waals surface area contributed by atoms with E-state index in [9.17, 15) is 18.0 Å². The number of rotatable bonds is 8. The lowest BCUT2D eigenvalue weighted by Gasteiger charge is -2.22. The molecule has 0 fully saturated rings. The monoisotopic (exact) mass is 492 g/mol. The number of nitrogens with one attached hydrogen (secondary N) is 2. The van der Waals surface area contributed by atoms with E-state index in [0.717, 1.165) is 21.7 Å². The smallest absolute Gasteiger partial charge is 0.260 e. The van der Waals surface area contributed by atoms with Crippen LogP contribution >= 0.6 is 0 Å². The van der Waals surface area contributed by atoms with Gasteiger partial charge in [-0.3, -0.25) is 13.9 Å². The van der Waals surface area contributed by atoms with Crippen molar-refractivity contribution >= 4 is 38.9 Å². The van der Waals surface area contributed by atoms with Crippen molar-refractivity contribution in [1.82, 2.24) is 5.43 Å². The first-order valence-corrected chi connectivity index (χ1v) is 12.7. The van der Waals surface area contributed by atoms with Crippen LogP contribution in [0, 0.1) is 13.8 Å². The molecule has 0 aromatic heterocycles. The summed E-state index contributed by atoms with van der Waals surface area (Å²) in [4.78, 5) is 25.0. The maximum atomic E-state index is 12.6. The third-order valence-corrected chi connectivity index (χ3v) is 6.25. The van der Waals surface area contributed by atoms with Gasteiger partial charge in [0.25, 0.3) is 11.8 Å². The van der Waals surface area contributed by atoms with Gasteiger partial charge in [-0.1, -0.05) is 36.4 Å². The van der Waals surface area contributed by atoms with Gasteiger partial charge in [-0.2, -0.15) is 5.10 Å². The van der Waals surface area contributed by atoms with Gasteiger partial charge in [0.05, 0.1) is 17.7 Å². The summed E-state index contributed by atoms with van der Waals surface area (Å²) in [5, 5.41) is 6.95. The number of anilines is 2. The molecule has 3 rings (SSSR count). The summed E-state index contributed by atoms with van der Waals surface area (Å²) in [6, 6.07) is 21.3. The minimum absolute atomic E-state index is 0.238. The van der Waals surface area contributed by atoms with Crippen LogP contribution in [0.3, 0.4) is 0 Å². The molecule has 8 nitrogen and oxygen atoms in total. The number of sulfonamides is 1. The Labute approximate surface area is 205 Å². The van der Waals surface area contributed by atoms with Crippen molar-refractivity contribution in [3.8, 4) is 0 Å². The molecule has 0 aliphatic heterocycles. The van der Waals surface area contributed by atoms with Crippen molar-refractivity contribution < 1.29 is 18.0 Å². The van der Waals surface area contributed by atoms with Gasteiger partial charge in [0, 0.05) is 11.3 Å². The molecule has 2 N–H and O–H groups in total. The number of aryl methyl sites for hydroxylation is 2. The van der Waals surface area contributed by atoms with Crippen LogP contribution in [0.25, 0.3) is 0 Å². The molecule has 0 bridgehead atoms. The number of carbonyl (C=O) groups excluding carboxylic acids is 2. The van der Waals surface area contributed by atoms with E-state index in [-0.39, 0.29) is 5.91 Å². The second-order valence-electron chi connectivity index (χ2n) is 8.25. The lowest BCUT2D eigenvalue weighted by molar-refractivity contribution is -0.119. The van der Waals surface area contributed by atoms with Gasteiger partial charge in [0.15, 0.2) is 0 Å². The first-order valence-electron chi connectivity index (χ1n) is 10.9. The number of carbonyl (C=O) groups is 2. The van der Waals surface area contributed by atoms with E-state index >= 15 is 0 Å². The Kier molecular flexibility index (Phi) is 8.03. The number of hydrogen-bond donors (Lipinski definition) is 2. The SMILES string of the molecule is C/C(=N/NC(=O)CN(c1cc(C)cc(C)c1)S(C)(=O)=O)c1cccc(NC(=O)c2ccccc2)c1. The van der Waals surface area contributed by atoms with E-state index in [1.807, 2.05) is 26.0 Å². The summed E-state index contributed by atoms with van der Waals surface area (Å²) < 4.78 is 25.8. The molecule has 0 saturated heterocycles. The Balaban J connectivity index is 1.70. The zero-order chi connectivity index (χ0) is 25.6. The Bertz CT molecular complexity index is 1350. The van der Waals surface area contributed by atoms with Crippen LogP contribution in [0.2, 0.25) is 0 Å². The van der Waals surface area contributed by atoms with Gasteiger partial charge in [-0.15, -0.1) is 0 Å². The molecule has 3 aromatic carbocycles. The highest BCUT2D eigenvalue weighted by Crippen LogP contribution is 2.21. The second-order valence-corrected chi connectivity index (χ2v) is 10.2. The summed E-state index contributed by atoms with van der Waals surface area (Å²) in [7, 11) is -3.69. The number of amides is 2. The maximum Gasteiger partial charge on any atom is 0.260 e. The van der Waals surface area contributed by atoms with Gasteiger partial charge in [-0.05, 0) is 73.9 Å². The topological polar surface area (TPSA) is 108 Å². The van der Waals surface area contributed by atoms with Crippen LogP contribution in [0.1, 0.15) is 34.0 Å². The number of hydrogen-bond acceptors (Lipinski definition) is 5. The van der Waals surface area contributed by atoms with Crippen molar-refractivity contribution in [3.63, 3.8) is 0 Å². The molecule has 0 radical (unpaired) electrons. The lowest BCUT2D eigenvalue weighted by atomic mass is 10.1. The summed E-state index contributed by atoms with van der Waals surface area (Å²) >= 11 is 0. The van der Waals surface area contributed by atoms with Gasteiger partial charge in [-0.25, -0.2) is 13.8 Å². The zero-order valence-electron chi connectivity index (χ0n) is 20.1. The number of benzene rings is 3. The molecule has 3 aromatic rings. The fraction of sp³-hybridized carbons (Fsp3) is 0.192. The molecule has 0 atom stereocenters. The van der Waals surface area contributed by atoms with Gasteiger partial charge in [0.2, 0.25) is 10.0 Å². The summed E-state index contributed by atoms with van der Waals surface area (Å²) in [6.07, 6.45) is 1.06. The molecule has 0 saturated carbocycles. The van der Waals surface area contributed by atoms with E-state index in [1.165, 1.54) is 0 Å². The predicted molar refractivity (Wildman–Crippen MR) is 139 cm³/mol. The van der Waals surface area contributed by atoms with Crippen LogP contribution in [-0.2, 0) is 14.8 Å². The van der Waals surface area contributed by atoms with Crippen molar-refractivity contribution in [2.24, 2.45) is 5.10 Å². The van der Waals surface area contributed by atoms with Crippen LogP contribution < -0.4 is 15.0 Å². The van der Waals surface area contributed by atoms with Crippen molar-refractivity contribution in [2.45, 2.75) is 20.8 Å². The predicted octanol–water partition coefficient (Wildman–Crippen LogP) is 3.86. The first kappa shape index (κ1) is 25.6. The van der Waals surface area contributed by atoms with Gasteiger partial charge < -0.3 is 5.32 Å². The number of nitrogens with zero attached hydrogens (tertiary/aromatic N) is 2. The van der Waals surface area contributed by atoms with Crippen molar-refractivity contribution in [2.75, 3.05) is 22.4 Å². The Morgan fingerprint density at radius 3 is 2.14 bits per heavy atom. The van der Waals surface area contributed by atoms with E-state index in [2.05, 4.69) is 15.8 Å². The molecular formula is C26H28N4O4S. The molecule has 0 aliphatic rings. The van der Waals surface area contributed by atoms with Crippen LogP contribution in [0.15, 0.2) is 77.9 Å². The van der Waals surface area contributed by atoms with Crippen LogP contribution in [-0.4, -0.2) is 38.7 Å². The van der Waals surface area contributed by atoms with E-state index in [4.69, 9.17) is 0 Å². The average Bonchev–Trinajstić information content (AvgIpc) is 2.80. The minimum Gasteiger partial charge on any atom is -0.322 e. The zero-order valence-corrected chi connectivity index (χ0v) is 20.9. The van der Waals surface area contributed by atoms with E-state index in [1.54, 1.807) is 67.6 Å². The third-order valence-electron chi connectivity index (χ3n) is 5.10. The molecule has 0 spiro atoms. The quantitative estimate of drug-likeness (QED) is 0.368. The van der Waals surface area contributed by atoms with Crippen molar-refractivity contribution in [3.05, 3.63) is 95.1 Å². The fourth-order valence-corrected chi connectivity index (χ4v) is 4.33. The Morgan fingerprint density at radius 1 is 0.886 bits per heavy atom. The molecule has 0 unspecified atom stereocenters. The van der Waals surface area contributed by atoms with E-state index < -0.39 is 22.5 Å².